The second-order valence-electron chi connectivity index (χ2n) is 5.71. The van der Waals surface area contributed by atoms with E-state index in [1.165, 1.54) is 0 Å². The van der Waals surface area contributed by atoms with E-state index >= 15 is 0 Å². The van der Waals surface area contributed by atoms with Gasteiger partial charge in [-0.2, -0.15) is 0 Å². The summed E-state index contributed by atoms with van der Waals surface area (Å²) >= 11 is 0. The maximum absolute atomic E-state index is 12.4. The molecular formula is C15H20N2O2. The molecule has 1 aromatic rings. The van der Waals surface area contributed by atoms with Crippen molar-refractivity contribution in [1.82, 2.24) is 10.2 Å². The summed E-state index contributed by atoms with van der Waals surface area (Å²) in [7, 11) is 0. The molecule has 2 N–H and O–H groups in total. The van der Waals surface area contributed by atoms with Crippen LogP contribution in [0.15, 0.2) is 24.3 Å². The number of fused-ring (bicyclic) bond motifs is 1. The van der Waals surface area contributed by atoms with Gasteiger partial charge in [-0.1, -0.05) is 12.1 Å². The first-order valence-electron chi connectivity index (χ1n) is 6.93. The molecule has 0 aliphatic carbocycles. The van der Waals surface area contributed by atoms with E-state index in [2.05, 4.69) is 12.2 Å². The fourth-order valence-electron chi connectivity index (χ4n) is 3.39. The molecule has 2 heterocycles. The summed E-state index contributed by atoms with van der Waals surface area (Å²) in [5, 5.41) is 12.7. The topological polar surface area (TPSA) is 52.6 Å². The van der Waals surface area contributed by atoms with Gasteiger partial charge in [0.2, 0.25) is 5.91 Å². The number of nitrogens with one attached hydrogen (secondary N) is 1. The largest absolute Gasteiger partial charge is 0.508 e. The number of benzene rings is 1. The predicted octanol–water partition coefficient (Wildman–Crippen LogP) is 1.00. The third-order valence-corrected chi connectivity index (χ3v) is 4.55. The Morgan fingerprint density at radius 3 is 2.79 bits per heavy atom. The summed E-state index contributed by atoms with van der Waals surface area (Å²) in [5.41, 5.74) is 0.963. The highest BCUT2D eigenvalue weighted by Gasteiger charge is 2.43. The van der Waals surface area contributed by atoms with Crippen LogP contribution in [0.2, 0.25) is 0 Å². The number of aromatic hydroxyl groups is 1. The van der Waals surface area contributed by atoms with Gasteiger partial charge in [0.15, 0.2) is 0 Å². The van der Waals surface area contributed by atoms with Gasteiger partial charge >= 0.3 is 0 Å². The Morgan fingerprint density at radius 1 is 1.37 bits per heavy atom. The van der Waals surface area contributed by atoms with Crippen LogP contribution in [-0.2, 0) is 11.2 Å². The number of phenolic OH excluding ortho intramolecular Hbond substituents is 1. The monoisotopic (exact) mass is 260 g/mol. The minimum atomic E-state index is 0.201. The van der Waals surface area contributed by atoms with Crippen molar-refractivity contribution in [3.63, 3.8) is 0 Å². The lowest BCUT2D eigenvalue weighted by molar-refractivity contribution is -0.131. The fourth-order valence-corrected chi connectivity index (χ4v) is 3.39. The Bertz CT molecular complexity index is 472. The molecule has 0 saturated carbocycles. The summed E-state index contributed by atoms with van der Waals surface area (Å²) in [6.45, 7) is 5.12. The first kappa shape index (κ1) is 12.5. The Kier molecular flexibility index (Phi) is 3.19. The van der Waals surface area contributed by atoms with Crippen molar-refractivity contribution in [2.45, 2.75) is 19.4 Å². The number of likely N-dealkylation sites (tertiary alicyclic amines) is 1. The van der Waals surface area contributed by atoms with Crippen LogP contribution < -0.4 is 5.32 Å². The molecular weight excluding hydrogens is 240 g/mol. The number of nitrogens with zero attached hydrogens (tertiary/aromatic N) is 1. The van der Waals surface area contributed by atoms with Crippen LogP contribution in [0.5, 0.6) is 5.75 Å². The van der Waals surface area contributed by atoms with E-state index in [0.717, 1.165) is 25.2 Å². The van der Waals surface area contributed by atoms with Gasteiger partial charge in [-0.05, 0) is 36.5 Å². The summed E-state index contributed by atoms with van der Waals surface area (Å²) in [5.74, 6) is 1.68. The zero-order valence-corrected chi connectivity index (χ0v) is 11.2. The number of phenols is 1. The lowest BCUT2D eigenvalue weighted by Crippen LogP contribution is -2.38. The normalized spacial score (nSPS) is 29.5. The fraction of sp³-hybridized carbons (Fsp3) is 0.533. The number of rotatable bonds is 2. The van der Waals surface area contributed by atoms with Crippen molar-refractivity contribution in [3.8, 4) is 5.75 Å². The third kappa shape index (κ3) is 2.32. The molecule has 1 amide bonds. The molecule has 19 heavy (non-hydrogen) atoms. The van der Waals surface area contributed by atoms with E-state index in [1.54, 1.807) is 12.1 Å². The van der Waals surface area contributed by atoms with Crippen LogP contribution in [0.1, 0.15) is 12.5 Å². The van der Waals surface area contributed by atoms with Gasteiger partial charge in [0.05, 0.1) is 6.42 Å². The number of carbonyl (C=O) groups excluding carboxylic acids is 1. The lowest BCUT2D eigenvalue weighted by atomic mass is 9.95. The predicted molar refractivity (Wildman–Crippen MR) is 72.8 cm³/mol. The Balaban J connectivity index is 1.66. The summed E-state index contributed by atoms with van der Waals surface area (Å²) in [6.07, 6.45) is 0.428. The molecule has 0 aromatic heterocycles. The maximum atomic E-state index is 12.4. The number of carbonyl (C=O) groups is 1. The number of amides is 1. The highest BCUT2D eigenvalue weighted by atomic mass is 16.3. The van der Waals surface area contributed by atoms with Crippen molar-refractivity contribution >= 4 is 5.91 Å². The quantitative estimate of drug-likeness (QED) is 0.834. The van der Waals surface area contributed by atoms with Gasteiger partial charge in [-0.3, -0.25) is 4.79 Å². The SMILES string of the molecule is CC1C2CNCC2CN1C(=O)Cc1ccc(O)cc1. The Morgan fingerprint density at radius 2 is 2.11 bits per heavy atom. The van der Waals surface area contributed by atoms with Crippen LogP contribution in [-0.4, -0.2) is 41.6 Å². The third-order valence-electron chi connectivity index (χ3n) is 4.55. The second kappa shape index (κ2) is 4.85. The van der Waals surface area contributed by atoms with E-state index in [1.807, 2.05) is 17.0 Å². The van der Waals surface area contributed by atoms with Crippen molar-refractivity contribution < 1.29 is 9.90 Å². The summed E-state index contributed by atoms with van der Waals surface area (Å²) in [4.78, 5) is 14.4. The number of hydrogen-bond acceptors (Lipinski definition) is 3. The van der Waals surface area contributed by atoms with Crippen LogP contribution in [0.3, 0.4) is 0 Å². The van der Waals surface area contributed by atoms with Crippen molar-refractivity contribution in [2.24, 2.45) is 11.8 Å². The van der Waals surface area contributed by atoms with Crippen molar-refractivity contribution in [2.75, 3.05) is 19.6 Å². The van der Waals surface area contributed by atoms with Gasteiger partial charge in [0, 0.05) is 25.7 Å². The minimum absolute atomic E-state index is 0.201. The number of hydrogen-bond donors (Lipinski definition) is 2. The van der Waals surface area contributed by atoms with Crippen LogP contribution in [0.4, 0.5) is 0 Å². The molecule has 3 atom stereocenters. The van der Waals surface area contributed by atoms with E-state index in [0.29, 0.717) is 24.3 Å². The molecule has 1 aromatic carbocycles. The van der Waals surface area contributed by atoms with Gasteiger partial charge < -0.3 is 15.3 Å². The summed E-state index contributed by atoms with van der Waals surface area (Å²) < 4.78 is 0. The van der Waals surface area contributed by atoms with Gasteiger partial charge in [0.25, 0.3) is 0 Å². The first-order valence-corrected chi connectivity index (χ1v) is 6.93. The van der Waals surface area contributed by atoms with Crippen molar-refractivity contribution in [1.29, 1.82) is 0 Å². The van der Waals surface area contributed by atoms with Crippen LogP contribution >= 0.6 is 0 Å². The Hall–Kier alpha value is -1.55. The van der Waals surface area contributed by atoms with E-state index in [9.17, 15) is 9.90 Å². The first-order chi connectivity index (χ1) is 9.15. The second-order valence-corrected chi connectivity index (χ2v) is 5.71. The van der Waals surface area contributed by atoms with Crippen molar-refractivity contribution in [3.05, 3.63) is 29.8 Å². The molecule has 2 aliphatic heterocycles. The molecule has 2 saturated heterocycles. The molecule has 2 aliphatic rings. The zero-order valence-electron chi connectivity index (χ0n) is 11.2. The standard InChI is InChI=1S/C15H20N2O2/c1-10-14-8-16-7-12(14)9-17(10)15(19)6-11-2-4-13(18)5-3-11/h2-5,10,12,14,16,18H,6-9H2,1H3. The molecule has 102 valence electrons. The molecule has 0 spiro atoms. The maximum Gasteiger partial charge on any atom is 0.227 e. The molecule has 3 unspecified atom stereocenters. The highest BCUT2D eigenvalue weighted by molar-refractivity contribution is 5.79. The van der Waals surface area contributed by atoms with E-state index in [-0.39, 0.29) is 11.7 Å². The highest BCUT2D eigenvalue weighted by Crippen LogP contribution is 2.32. The molecule has 0 radical (unpaired) electrons. The van der Waals surface area contributed by atoms with Crippen LogP contribution in [0, 0.1) is 11.8 Å². The minimum Gasteiger partial charge on any atom is -0.508 e. The zero-order chi connectivity index (χ0) is 13.4. The smallest absolute Gasteiger partial charge is 0.227 e. The summed E-state index contributed by atoms with van der Waals surface area (Å²) in [6, 6.07) is 7.24. The molecule has 3 rings (SSSR count). The molecule has 4 heteroatoms. The van der Waals surface area contributed by atoms with E-state index in [4.69, 9.17) is 0 Å². The molecule has 0 bridgehead atoms. The average molecular weight is 260 g/mol. The van der Waals surface area contributed by atoms with Crippen LogP contribution in [0.25, 0.3) is 0 Å². The Labute approximate surface area is 113 Å². The van der Waals surface area contributed by atoms with Gasteiger partial charge in [-0.15, -0.1) is 0 Å². The molecule has 4 nitrogen and oxygen atoms in total. The van der Waals surface area contributed by atoms with Gasteiger partial charge in [-0.25, -0.2) is 0 Å². The van der Waals surface area contributed by atoms with Gasteiger partial charge in [0.1, 0.15) is 5.75 Å². The average Bonchev–Trinajstić information content (AvgIpc) is 2.96. The molecule has 2 fully saturated rings. The lowest BCUT2D eigenvalue weighted by Gasteiger charge is -2.24. The van der Waals surface area contributed by atoms with E-state index < -0.39 is 0 Å².